The topological polar surface area (TPSA) is 51.5 Å². The predicted octanol–water partition coefficient (Wildman–Crippen LogP) is 6.89. The Balaban J connectivity index is 1.19. The van der Waals surface area contributed by atoms with Crippen molar-refractivity contribution < 1.29 is 13.9 Å². The Hall–Kier alpha value is -1.94. The Labute approximate surface area is 196 Å². The van der Waals surface area contributed by atoms with E-state index in [4.69, 9.17) is 20.8 Å². The summed E-state index contributed by atoms with van der Waals surface area (Å²) in [5.74, 6) is 4.67. The van der Waals surface area contributed by atoms with Gasteiger partial charge in [-0.05, 0) is 110 Å². The van der Waals surface area contributed by atoms with Gasteiger partial charge in [0.25, 0.3) is 5.91 Å². The average Bonchev–Trinajstić information content (AvgIpc) is 3.20. The monoisotopic (exact) mass is 455 g/mol. The van der Waals surface area contributed by atoms with E-state index in [0.717, 1.165) is 46.2 Å². The minimum atomic E-state index is -0.114. The number of ether oxygens (including phenoxy) is 1. The Kier molecular flexibility index (Phi) is 5.77. The number of amides is 1. The maximum Gasteiger partial charge on any atom is 0.287 e. The van der Waals surface area contributed by atoms with Crippen molar-refractivity contribution in [2.75, 3.05) is 6.54 Å². The van der Waals surface area contributed by atoms with Crippen LogP contribution in [0.2, 0.25) is 5.02 Å². The molecule has 4 bridgehead atoms. The maximum atomic E-state index is 12.8. The third-order valence-electron chi connectivity index (χ3n) is 7.96. The molecule has 2 aromatic rings. The number of carbonyl (C=O) groups is 1. The second kappa shape index (κ2) is 8.44. The first-order chi connectivity index (χ1) is 15.3. The summed E-state index contributed by atoms with van der Waals surface area (Å²) in [5.41, 5.74) is 2.37. The van der Waals surface area contributed by atoms with Crippen molar-refractivity contribution in [2.24, 2.45) is 23.2 Å². The largest absolute Gasteiger partial charge is 0.485 e. The molecule has 4 nitrogen and oxygen atoms in total. The van der Waals surface area contributed by atoms with E-state index >= 15 is 0 Å². The third-order valence-corrected chi connectivity index (χ3v) is 8.36. The van der Waals surface area contributed by atoms with Crippen molar-refractivity contribution in [3.8, 4) is 5.75 Å². The molecule has 4 saturated carbocycles. The van der Waals surface area contributed by atoms with Crippen LogP contribution in [0.5, 0.6) is 5.75 Å². The molecule has 0 spiro atoms. The zero-order valence-electron chi connectivity index (χ0n) is 19.4. The van der Waals surface area contributed by atoms with Crippen LogP contribution in [-0.4, -0.2) is 12.5 Å². The van der Waals surface area contributed by atoms with Crippen molar-refractivity contribution in [3.05, 3.63) is 51.9 Å². The Morgan fingerprint density at radius 2 is 1.81 bits per heavy atom. The molecule has 4 fully saturated rings. The molecule has 1 aromatic heterocycles. The molecule has 0 atom stereocenters. The average molecular weight is 456 g/mol. The van der Waals surface area contributed by atoms with Crippen LogP contribution in [0.4, 0.5) is 0 Å². The second-order valence-electron chi connectivity index (χ2n) is 10.9. The van der Waals surface area contributed by atoms with Crippen LogP contribution >= 0.6 is 11.6 Å². The number of halogens is 1. The number of rotatable bonds is 7. The minimum Gasteiger partial charge on any atom is -0.485 e. The van der Waals surface area contributed by atoms with Crippen molar-refractivity contribution in [1.82, 2.24) is 5.32 Å². The Morgan fingerprint density at radius 1 is 1.16 bits per heavy atom. The van der Waals surface area contributed by atoms with Crippen LogP contribution in [0.1, 0.15) is 85.7 Å². The number of aryl methyl sites for hydroxylation is 1. The van der Waals surface area contributed by atoms with Gasteiger partial charge in [0.1, 0.15) is 18.1 Å². The van der Waals surface area contributed by atoms with Gasteiger partial charge in [-0.25, -0.2) is 0 Å². The maximum absolute atomic E-state index is 12.8. The fourth-order valence-corrected chi connectivity index (χ4v) is 7.01. The van der Waals surface area contributed by atoms with Gasteiger partial charge >= 0.3 is 0 Å². The Morgan fingerprint density at radius 3 is 2.44 bits per heavy atom. The molecule has 172 valence electrons. The highest BCUT2D eigenvalue weighted by atomic mass is 35.5. The number of benzene rings is 1. The van der Waals surface area contributed by atoms with E-state index in [1.807, 2.05) is 25.1 Å². The van der Waals surface area contributed by atoms with E-state index in [9.17, 15) is 4.79 Å². The molecule has 5 heteroatoms. The number of furan rings is 1. The zero-order valence-corrected chi connectivity index (χ0v) is 20.1. The summed E-state index contributed by atoms with van der Waals surface area (Å²) in [5, 5.41) is 3.94. The lowest BCUT2D eigenvalue weighted by Crippen LogP contribution is -2.51. The van der Waals surface area contributed by atoms with Crippen LogP contribution in [-0.2, 0) is 6.61 Å². The lowest BCUT2D eigenvalue weighted by Gasteiger charge is -2.56. The normalized spacial score (nSPS) is 28.3. The first-order valence-electron chi connectivity index (χ1n) is 12.1. The third kappa shape index (κ3) is 4.31. The van der Waals surface area contributed by atoms with Gasteiger partial charge in [0.2, 0.25) is 0 Å². The van der Waals surface area contributed by atoms with E-state index in [2.05, 4.69) is 19.2 Å². The lowest BCUT2D eigenvalue weighted by atomic mass is 9.49. The summed E-state index contributed by atoms with van der Waals surface area (Å²) in [6.07, 6.45) is 8.11. The van der Waals surface area contributed by atoms with Crippen LogP contribution < -0.4 is 10.1 Å². The first kappa shape index (κ1) is 21.9. The standard InChI is InChI=1S/C27H34ClNO3/c1-16(2)22-10-23(28)17(3)6-25(22)31-14-21-4-5-24(32-21)26(30)29-15-27-11-18-7-19(12-27)9-20(8-18)13-27/h4-6,10,16,18-20H,7-9,11-15H2,1-3H3,(H,29,30). The summed E-state index contributed by atoms with van der Waals surface area (Å²) in [7, 11) is 0. The lowest BCUT2D eigenvalue weighted by molar-refractivity contribution is -0.0504. The number of nitrogens with one attached hydrogen (secondary N) is 1. The van der Waals surface area contributed by atoms with Crippen LogP contribution in [0.3, 0.4) is 0 Å². The van der Waals surface area contributed by atoms with Crippen LogP contribution in [0.25, 0.3) is 0 Å². The van der Waals surface area contributed by atoms with Gasteiger partial charge in [0.05, 0.1) is 0 Å². The summed E-state index contributed by atoms with van der Waals surface area (Å²) < 4.78 is 11.9. The number of carbonyl (C=O) groups excluding carboxylic acids is 1. The molecule has 0 unspecified atom stereocenters. The molecular formula is C27H34ClNO3. The van der Waals surface area contributed by atoms with Crippen LogP contribution in [0, 0.1) is 30.1 Å². The highest BCUT2D eigenvalue weighted by molar-refractivity contribution is 6.31. The molecule has 4 aliphatic carbocycles. The SMILES string of the molecule is Cc1cc(OCc2ccc(C(=O)NCC34CC5CC(CC(C5)C3)C4)o2)c(C(C)C)cc1Cl. The minimum absolute atomic E-state index is 0.114. The molecule has 6 rings (SSSR count). The summed E-state index contributed by atoms with van der Waals surface area (Å²) in [4.78, 5) is 12.8. The van der Waals surface area contributed by atoms with Crippen molar-refractivity contribution in [2.45, 2.75) is 71.8 Å². The predicted molar refractivity (Wildman–Crippen MR) is 126 cm³/mol. The number of hydrogen-bond acceptors (Lipinski definition) is 3. The van der Waals surface area contributed by atoms with Gasteiger partial charge in [0, 0.05) is 11.6 Å². The van der Waals surface area contributed by atoms with E-state index in [1.54, 1.807) is 6.07 Å². The van der Waals surface area contributed by atoms with E-state index < -0.39 is 0 Å². The van der Waals surface area contributed by atoms with Gasteiger partial charge < -0.3 is 14.5 Å². The highest BCUT2D eigenvalue weighted by Crippen LogP contribution is 2.59. The molecule has 0 saturated heterocycles. The van der Waals surface area contributed by atoms with E-state index in [0.29, 0.717) is 22.9 Å². The van der Waals surface area contributed by atoms with Crippen molar-refractivity contribution >= 4 is 17.5 Å². The molecule has 1 heterocycles. The Bertz CT molecular complexity index is 973. The smallest absolute Gasteiger partial charge is 0.287 e. The molecule has 32 heavy (non-hydrogen) atoms. The molecule has 4 aliphatic rings. The quantitative estimate of drug-likeness (QED) is 0.494. The highest BCUT2D eigenvalue weighted by Gasteiger charge is 2.50. The first-order valence-corrected chi connectivity index (χ1v) is 12.5. The van der Waals surface area contributed by atoms with E-state index in [-0.39, 0.29) is 12.5 Å². The van der Waals surface area contributed by atoms with Crippen molar-refractivity contribution in [3.63, 3.8) is 0 Å². The van der Waals surface area contributed by atoms with Gasteiger partial charge in [-0.3, -0.25) is 4.79 Å². The van der Waals surface area contributed by atoms with E-state index in [1.165, 1.54) is 38.5 Å². The van der Waals surface area contributed by atoms with Crippen molar-refractivity contribution in [1.29, 1.82) is 0 Å². The fraction of sp³-hybridized carbons (Fsp3) is 0.593. The molecular weight excluding hydrogens is 422 g/mol. The van der Waals surface area contributed by atoms with Gasteiger partial charge in [0.15, 0.2) is 5.76 Å². The molecule has 1 aromatic carbocycles. The summed E-state index contributed by atoms with van der Waals surface area (Å²) in [6, 6.07) is 7.53. The molecule has 0 aliphatic heterocycles. The second-order valence-corrected chi connectivity index (χ2v) is 11.4. The number of hydrogen-bond donors (Lipinski definition) is 1. The molecule has 1 N–H and O–H groups in total. The van der Waals surface area contributed by atoms with Gasteiger partial charge in [-0.1, -0.05) is 25.4 Å². The zero-order chi connectivity index (χ0) is 22.5. The van der Waals surface area contributed by atoms with Crippen LogP contribution in [0.15, 0.2) is 28.7 Å². The summed E-state index contributed by atoms with van der Waals surface area (Å²) in [6.45, 7) is 7.27. The summed E-state index contributed by atoms with van der Waals surface area (Å²) >= 11 is 6.29. The van der Waals surface area contributed by atoms with Gasteiger partial charge in [-0.15, -0.1) is 0 Å². The fourth-order valence-electron chi connectivity index (χ4n) is 6.83. The molecule has 0 radical (unpaired) electrons. The van der Waals surface area contributed by atoms with Gasteiger partial charge in [-0.2, -0.15) is 0 Å². The molecule has 1 amide bonds.